The van der Waals surface area contributed by atoms with E-state index in [1.54, 1.807) is 28.4 Å². The van der Waals surface area contributed by atoms with Crippen LogP contribution in [0.25, 0.3) is 0 Å². The Labute approximate surface area is 140 Å². The van der Waals surface area contributed by atoms with Gasteiger partial charge in [0.1, 0.15) is 0 Å². The summed E-state index contributed by atoms with van der Waals surface area (Å²) in [4.78, 5) is 22.2. The monoisotopic (exact) mass is 331 g/mol. The van der Waals surface area contributed by atoms with E-state index in [1.165, 1.54) is 4.88 Å². The standard InChI is InChI=1S/C17H21N3O2S/c1-12-13(2)23-17(18-12)20-10-8-19(9-11-20)16(22)15(21)14-6-4-3-5-7-14/h3-7,15,21H,8-11H2,1-2H3. The van der Waals surface area contributed by atoms with E-state index in [0.717, 1.165) is 23.9 Å². The number of hydrogen-bond acceptors (Lipinski definition) is 5. The summed E-state index contributed by atoms with van der Waals surface area (Å²) in [6.45, 7) is 6.82. The highest BCUT2D eigenvalue weighted by atomic mass is 32.1. The van der Waals surface area contributed by atoms with Crippen molar-refractivity contribution in [2.75, 3.05) is 31.1 Å². The minimum absolute atomic E-state index is 0.220. The van der Waals surface area contributed by atoms with E-state index in [0.29, 0.717) is 18.7 Å². The van der Waals surface area contributed by atoms with E-state index in [9.17, 15) is 9.90 Å². The summed E-state index contributed by atoms with van der Waals surface area (Å²) in [6.07, 6.45) is -1.08. The van der Waals surface area contributed by atoms with Crippen LogP contribution in [0.3, 0.4) is 0 Å². The van der Waals surface area contributed by atoms with Gasteiger partial charge in [0.25, 0.3) is 5.91 Å². The van der Waals surface area contributed by atoms with Gasteiger partial charge in [-0.05, 0) is 19.4 Å². The smallest absolute Gasteiger partial charge is 0.256 e. The van der Waals surface area contributed by atoms with Crippen LogP contribution in [0.1, 0.15) is 22.2 Å². The van der Waals surface area contributed by atoms with Crippen molar-refractivity contribution in [1.29, 1.82) is 0 Å². The Hall–Kier alpha value is -1.92. The molecule has 0 aliphatic carbocycles. The van der Waals surface area contributed by atoms with Crippen LogP contribution in [0.4, 0.5) is 5.13 Å². The number of piperazine rings is 1. The number of thiazole rings is 1. The molecule has 0 bridgehead atoms. The Kier molecular flexibility index (Phi) is 4.63. The topological polar surface area (TPSA) is 56.7 Å². The third-order valence-corrected chi connectivity index (χ3v) is 5.36. The minimum atomic E-state index is -1.08. The molecular weight excluding hydrogens is 310 g/mol. The van der Waals surface area contributed by atoms with Gasteiger partial charge in [-0.15, -0.1) is 11.3 Å². The number of aliphatic hydroxyl groups is 1. The summed E-state index contributed by atoms with van der Waals surface area (Å²) in [6, 6.07) is 9.09. The van der Waals surface area contributed by atoms with Gasteiger partial charge in [-0.2, -0.15) is 0 Å². The van der Waals surface area contributed by atoms with E-state index in [2.05, 4.69) is 16.8 Å². The molecule has 1 N–H and O–H groups in total. The van der Waals surface area contributed by atoms with Crippen molar-refractivity contribution in [2.24, 2.45) is 0 Å². The summed E-state index contributed by atoms with van der Waals surface area (Å²) < 4.78 is 0. The van der Waals surface area contributed by atoms with Gasteiger partial charge >= 0.3 is 0 Å². The number of aliphatic hydroxyl groups excluding tert-OH is 1. The summed E-state index contributed by atoms with van der Waals surface area (Å²) in [7, 11) is 0. The molecule has 5 nitrogen and oxygen atoms in total. The average Bonchev–Trinajstić information content (AvgIpc) is 2.93. The predicted octanol–water partition coefficient (Wildman–Crippen LogP) is 2.14. The molecule has 6 heteroatoms. The van der Waals surface area contributed by atoms with Crippen LogP contribution in [0.2, 0.25) is 0 Å². The van der Waals surface area contributed by atoms with Crippen LogP contribution in [0.5, 0.6) is 0 Å². The molecule has 1 amide bonds. The van der Waals surface area contributed by atoms with Crippen LogP contribution in [0.15, 0.2) is 30.3 Å². The van der Waals surface area contributed by atoms with Crippen molar-refractivity contribution in [1.82, 2.24) is 9.88 Å². The Morgan fingerprint density at radius 3 is 2.39 bits per heavy atom. The molecule has 0 saturated carbocycles. The van der Waals surface area contributed by atoms with E-state index in [4.69, 9.17) is 0 Å². The second kappa shape index (κ2) is 6.68. The van der Waals surface area contributed by atoms with Crippen molar-refractivity contribution < 1.29 is 9.90 Å². The molecule has 3 rings (SSSR count). The summed E-state index contributed by atoms with van der Waals surface area (Å²) >= 11 is 1.70. The third kappa shape index (κ3) is 3.38. The predicted molar refractivity (Wildman–Crippen MR) is 91.8 cm³/mol. The van der Waals surface area contributed by atoms with E-state index < -0.39 is 6.10 Å². The fourth-order valence-electron chi connectivity index (χ4n) is 2.66. The fraction of sp³-hybridized carbons (Fsp3) is 0.412. The summed E-state index contributed by atoms with van der Waals surface area (Å²) in [5.41, 5.74) is 1.72. The number of anilines is 1. The SMILES string of the molecule is Cc1nc(N2CCN(C(=O)C(O)c3ccccc3)CC2)sc1C. The Bertz CT molecular complexity index is 659. The van der Waals surface area contributed by atoms with Crippen molar-refractivity contribution in [3.63, 3.8) is 0 Å². The maximum atomic E-state index is 12.4. The fourth-order valence-corrected chi connectivity index (χ4v) is 3.62. The third-order valence-electron chi connectivity index (χ3n) is 4.23. The molecule has 1 unspecified atom stereocenters. The van der Waals surface area contributed by atoms with Crippen molar-refractivity contribution in [2.45, 2.75) is 20.0 Å². The molecule has 0 radical (unpaired) electrons. The first-order valence-corrected chi connectivity index (χ1v) is 8.58. The highest BCUT2D eigenvalue weighted by molar-refractivity contribution is 7.15. The maximum absolute atomic E-state index is 12.4. The molecule has 23 heavy (non-hydrogen) atoms. The van der Waals surface area contributed by atoms with E-state index in [1.807, 2.05) is 25.1 Å². The number of benzene rings is 1. The van der Waals surface area contributed by atoms with Gasteiger partial charge in [0.15, 0.2) is 11.2 Å². The molecule has 1 atom stereocenters. The Balaban J connectivity index is 1.61. The van der Waals surface area contributed by atoms with E-state index in [-0.39, 0.29) is 5.91 Å². The van der Waals surface area contributed by atoms with E-state index >= 15 is 0 Å². The minimum Gasteiger partial charge on any atom is -0.378 e. The van der Waals surface area contributed by atoms with Gasteiger partial charge < -0.3 is 14.9 Å². The van der Waals surface area contributed by atoms with Gasteiger partial charge in [-0.1, -0.05) is 30.3 Å². The molecule has 2 aromatic rings. The zero-order chi connectivity index (χ0) is 16.4. The van der Waals surface area contributed by atoms with Crippen LogP contribution < -0.4 is 4.90 Å². The molecule has 0 spiro atoms. The highest BCUT2D eigenvalue weighted by Gasteiger charge is 2.28. The molecule has 122 valence electrons. The van der Waals surface area contributed by atoms with Crippen LogP contribution >= 0.6 is 11.3 Å². The Morgan fingerprint density at radius 2 is 1.83 bits per heavy atom. The number of carbonyl (C=O) groups excluding carboxylic acids is 1. The van der Waals surface area contributed by atoms with Crippen molar-refractivity contribution in [3.8, 4) is 0 Å². The number of rotatable bonds is 3. The number of aryl methyl sites for hydroxylation is 2. The number of nitrogens with zero attached hydrogens (tertiary/aromatic N) is 3. The lowest BCUT2D eigenvalue weighted by molar-refractivity contribution is -0.140. The number of aromatic nitrogens is 1. The molecule has 1 aliphatic heterocycles. The van der Waals surface area contributed by atoms with Crippen molar-refractivity contribution in [3.05, 3.63) is 46.5 Å². The Morgan fingerprint density at radius 1 is 1.17 bits per heavy atom. The van der Waals surface area contributed by atoms with Gasteiger partial charge in [0.2, 0.25) is 0 Å². The molecule has 1 fully saturated rings. The number of carbonyl (C=O) groups is 1. The first-order chi connectivity index (χ1) is 11.1. The van der Waals surface area contributed by atoms with Gasteiger partial charge in [-0.25, -0.2) is 4.98 Å². The summed E-state index contributed by atoms with van der Waals surface area (Å²) in [5.74, 6) is -0.220. The van der Waals surface area contributed by atoms with Crippen LogP contribution in [0, 0.1) is 13.8 Å². The molecule has 1 aromatic carbocycles. The molecule has 2 heterocycles. The lowest BCUT2D eigenvalue weighted by atomic mass is 10.1. The molecule has 1 saturated heterocycles. The maximum Gasteiger partial charge on any atom is 0.256 e. The molecule has 1 aliphatic rings. The van der Waals surface area contributed by atoms with Crippen molar-refractivity contribution >= 4 is 22.4 Å². The van der Waals surface area contributed by atoms with Gasteiger partial charge in [0.05, 0.1) is 5.69 Å². The normalized spacial score (nSPS) is 16.5. The lowest BCUT2D eigenvalue weighted by Gasteiger charge is -2.35. The first kappa shape index (κ1) is 16.0. The second-order valence-electron chi connectivity index (χ2n) is 5.76. The lowest BCUT2D eigenvalue weighted by Crippen LogP contribution is -2.50. The van der Waals surface area contributed by atoms with Gasteiger partial charge in [-0.3, -0.25) is 4.79 Å². The number of hydrogen-bond donors (Lipinski definition) is 1. The largest absolute Gasteiger partial charge is 0.378 e. The quantitative estimate of drug-likeness (QED) is 0.936. The zero-order valence-corrected chi connectivity index (χ0v) is 14.2. The number of amides is 1. The van der Waals surface area contributed by atoms with Gasteiger partial charge in [0, 0.05) is 31.1 Å². The summed E-state index contributed by atoms with van der Waals surface area (Å²) in [5, 5.41) is 11.3. The zero-order valence-electron chi connectivity index (χ0n) is 13.4. The van der Waals surface area contributed by atoms with Crippen LogP contribution in [-0.4, -0.2) is 47.1 Å². The highest BCUT2D eigenvalue weighted by Crippen LogP contribution is 2.26. The molecular formula is C17H21N3O2S. The van der Waals surface area contributed by atoms with Crippen LogP contribution in [-0.2, 0) is 4.79 Å². The average molecular weight is 331 g/mol. The molecule has 1 aromatic heterocycles. The second-order valence-corrected chi connectivity index (χ2v) is 6.95. The first-order valence-electron chi connectivity index (χ1n) is 7.77.